The molecule has 2 aromatic heterocycles. The Balaban J connectivity index is 1.89. The maximum Gasteiger partial charge on any atom is 0.269 e. The van der Waals surface area contributed by atoms with Crippen molar-refractivity contribution in [3.8, 4) is 35.2 Å². The SMILES string of the molecule is C#CCOc1c(Cl)cc(/C=C(/Cl)c2nc(-c3ccsc3)no2)cc1OC. The van der Waals surface area contributed by atoms with Crippen molar-refractivity contribution in [3.63, 3.8) is 0 Å². The van der Waals surface area contributed by atoms with Crippen LogP contribution in [0.25, 0.3) is 22.5 Å². The van der Waals surface area contributed by atoms with Crippen LogP contribution in [0.2, 0.25) is 5.02 Å². The van der Waals surface area contributed by atoms with Gasteiger partial charge in [0.1, 0.15) is 11.6 Å². The lowest BCUT2D eigenvalue weighted by molar-refractivity contribution is 0.331. The molecule has 0 spiro atoms. The molecule has 0 aliphatic heterocycles. The van der Waals surface area contributed by atoms with Crippen LogP contribution < -0.4 is 9.47 Å². The lowest BCUT2D eigenvalue weighted by Crippen LogP contribution is -1.98. The van der Waals surface area contributed by atoms with E-state index in [0.29, 0.717) is 27.9 Å². The minimum atomic E-state index is 0.0827. The summed E-state index contributed by atoms with van der Waals surface area (Å²) >= 11 is 14.1. The Hall–Kier alpha value is -2.46. The van der Waals surface area contributed by atoms with Gasteiger partial charge in [-0.25, -0.2) is 0 Å². The van der Waals surface area contributed by atoms with Crippen LogP contribution in [0.4, 0.5) is 0 Å². The Morgan fingerprint density at radius 2 is 2.31 bits per heavy atom. The molecular weight excluding hydrogens is 395 g/mol. The van der Waals surface area contributed by atoms with Crippen LogP contribution in [-0.4, -0.2) is 23.9 Å². The fourth-order valence-corrected chi connectivity index (χ4v) is 3.23. The van der Waals surface area contributed by atoms with Crippen LogP contribution >= 0.6 is 34.5 Å². The summed E-state index contributed by atoms with van der Waals surface area (Å²) in [5, 5.41) is 8.40. The van der Waals surface area contributed by atoms with Crippen LogP contribution in [0.3, 0.4) is 0 Å². The lowest BCUT2D eigenvalue weighted by atomic mass is 10.2. The van der Waals surface area contributed by atoms with E-state index in [9.17, 15) is 0 Å². The van der Waals surface area contributed by atoms with Gasteiger partial charge in [-0.3, -0.25) is 0 Å². The quantitative estimate of drug-likeness (QED) is 0.525. The van der Waals surface area contributed by atoms with Gasteiger partial charge in [0.25, 0.3) is 5.89 Å². The molecule has 0 radical (unpaired) electrons. The predicted molar refractivity (Wildman–Crippen MR) is 104 cm³/mol. The molecule has 8 heteroatoms. The van der Waals surface area contributed by atoms with E-state index >= 15 is 0 Å². The van der Waals surface area contributed by atoms with E-state index in [4.69, 9.17) is 43.6 Å². The fraction of sp³-hybridized carbons (Fsp3) is 0.111. The molecular formula is C18H12Cl2N2O3S. The number of hydrogen-bond acceptors (Lipinski definition) is 6. The lowest BCUT2D eigenvalue weighted by Gasteiger charge is -2.11. The second-order valence-corrected chi connectivity index (χ2v) is 6.55. The summed E-state index contributed by atoms with van der Waals surface area (Å²) in [7, 11) is 1.51. The standard InChI is InChI=1S/C18H12Cl2N2O3S/c1-3-5-24-16-13(19)7-11(9-15(16)23-2)8-14(20)18-21-17(22-25-18)12-4-6-26-10-12/h1,4,6-10H,5H2,2H3/b14-8+. The molecule has 5 nitrogen and oxygen atoms in total. The molecule has 0 aliphatic rings. The number of nitrogens with zero attached hydrogens (tertiary/aromatic N) is 2. The highest BCUT2D eigenvalue weighted by atomic mass is 35.5. The number of benzene rings is 1. The van der Waals surface area contributed by atoms with Crippen molar-refractivity contribution >= 4 is 45.6 Å². The average molecular weight is 407 g/mol. The second-order valence-electron chi connectivity index (χ2n) is 4.95. The van der Waals surface area contributed by atoms with E-state index in [0.717, 1.165) is 5.56 Å². The van der Waals surface area contributed by atoms with Crippen molar-refractivity contribution in [3.05, 3.63) is 45.4 Å². The average Bonchev–Trinajstić information content (AvgIpc) is 3.31. The van der Waals surface area contributed by atoms with Gasteiger partial charge < -0.3 is 14.0 Å². The van der Waals surface area contributed by atoms with Crippen molar-refractivity contribution in [1.82, 2.24) is 10.1 Å². The van der Waals surface area contributed by atoms with E-state index in [1.165, 1.54) is 7.11 Å². The Bertz CT molecular complexity index is 975. The number of thiophene rings is 1. The predicted octanol–water partition coefficient (Wildman–Crippen LogP) is 5.21. The zero-order chi connectivity index (χ0) is 18.5. The summed E-state index contributed by atoms with van der Waals surface area (Å²) in [4.78, 5) is 4.29. The van der Waals surface area contributed by atoms with Crippen molar-refractivity contribution in [2.75, 3.05) is 13.7 Å². The number of methoxy groups -OCH3 is 1. The first-order valence-corrected chi connectivity index (χ1v) is 9.00. The summed E-state index contributed by atoms with van der Waals surface area (Å²) in [6, 6.07) is 5.29. The van der Waals surface area contributed by atoms with E-state index < -0.39 is 0 Å². The summed E-state index contributed by atoms with van der Waals surface area (Å²) < 4.78 is 15.9. The maximum absolute atomic E-state index is 6.31. The fourth-order valence-electron chi connectivity index (χ4n) is 2.11. The molecule has 0 fully saturated rings. The molecule has 132 valence electrons. The highest BCUT2D eigenvalue weighted by Gasteiger charge is 2.14. The first-order chi connectivity index (χ1) is 12.6. The maximum atomic E-state index is 6.31. The molecule has 2 heterocycles. The van der Waals surface area contributed by atoms with E-state index in [1.54, 1.807) is 29.5 Å². The highest BCUT2D eigenvalue weighted by Crippen LogP contribution is 2.37. The van der Waals surface area contributed by atoms with Crippen molar-refractivity contribution in [2.45, 2.75) is 0 Å². The van der Waals surface area contributed by atoms with Gasteiger partial charge in [-0.05, 0) is 35.2 Å². The minimum Gasteiger partial charge on any atom is -0.493 e. The molecule has 0 unspecified atom stereocenters. The van der Waals surface area contributed by atoms with Crippen molar-refractivity contribution in [1.29, 1.82) is 0 Å². The van der Waals surface area contributed by atoms with Crippen molar-refractivity contribution < 1.29 is 14.0 Å². The van der Waals surface area contributed by atoms with Crippen LogP contribution in [0.15, 0.2) is 33.5 Å². The first-order valence-electron chi connectivity index (χ1n) is 7.30. The number of ether oxygens (including phenoxy) is 2. The third kappa shape index (κ3) is 4.02. The summed E-state index contributed by atoms with van der Waals surface area (Å²) in [5.41, 5.74) is 1.55. The van der Waals surface area contributed by atoms with Crippen LogP contribution in [-0.2, 0) is 0 Å². The normalized spacial score (nSPS) is 11.2. The Kier molecular flexibility index (Phi) is 5.84. The molecule has 0 bridgehead atoms. The van der Waals surface area contributed by atoms with Crippen molar-refractivity contribution in [2.24, 2.45) is 0 Å². The second kappa shape index (κ2) is 8.28. The number of halogens is 2. The minimum absolute atomic E-state index is 0.0827. The molecule has 0 saturated heterocycles. The van der Waals surface area contributed by atoms with Crippen LogP contribution in [0, 0.1) is 12.3 Å². The molecule has 0 amide bonds. The number of terminal acetylenes is 1. The van der Waals surface area contributed by atoms with Gasteiger partial charge in [0.15, 0.2) is 11.5 Å². The van der Waals surface area contributed by atoms with Gasteiger partial charge in [0.2, 0.25) is 5.82 Å². The van der Waals surface area contributed by atoms with Gasteiger partial charge in [-0.15, -0.1) is 6.42 Å². The smallest absolute Gasteiger partial charge is 0.269 e. The molecule has 1 aromatic carbocycles. The zero-order valence-electron chi connectivity index (χ0n) is 13.5. The molecule has 0 saturated carbocycles. The first kappa shape index (κ1) is 18.3. The third-order valence-corrected chi connectivity index (χ3v) is 4.49. The molecule has 3 rings (SSSR count). The van der Waals surface area contributed by atoms with E-state index in [1.807, 2.05) is 16.8 Å². The van der Waals surface area contributed by atoms with Gasteiger partial charge in [0.05, 0.1) is 12.1 Å². The van der Waals surface area contributed by atoms with Crippen LogP contribution in [0.1, 0.15) is 11.5 Å². The number of hydrogen-bond donors (Lipinski definition) is 0. The number of aromatic nitrogens is 2. The highest BCUT2D eigenvalue weighted by molar-refractivity contribution is 7.08. The summed E-state index contributed by atoms with van der Waals surface area (Å²) in [6.07, 6.45) is 6.85. The Labute approximate surface area is 164 Å². The Morgan fingerprint density at radius 1 is 1.46 bits per heavy atom. The molecule has 3 aromatic rings. The zero-order valence-corrected chi connectivity index (χ0v) is 15.9. The van der Waals surface area contributed by atoms with Gasteiger partial charge in [0, 0.05) is 10.9 Å². The van der Waals surface area contributed by atoms with E-state index in [2.05, 4.69) is 16.1 Å². The van der Waals surface area contributed by atoms with E-state index in [-0.39, 0.29) is 17.5 Å². The largest absolute Gasteiger partial charge is 0.493 e. The third-order valence-electron chi connectivity index (χ3n) is 3.25. The number of rotatable bonds is 6. The summed E-state index contributed by atoms with van der Waals surface area (Å²) in [6.45, 7) is 0.0827. The van der Waals surface area contributed by atoms with Gasteiger partial charge in [-0.1, -0.05) is 34.3 Å². The molecule has 0 aliphatic carbocycles. The summed E-state index contributed by atoms with van der Waals surface area (Å²) in [5.74, 6) is 3.87. The van der Waals surface area contributed by atoms with Crippen LogP contribution in [0.5, 0.6) is 11.5 Å². The topological polar surface area (TPSA) is 57.4 Å². The van der Waals surface area contributed by atoms with Gasteiger partial charge >= 0.3 is 0 Å². The monoisotopic (exact) mass is 406 g/mol. The Morgan fingerprint density at radius 3 is 3.00 bits per heavy atom. The molecule has 26 heavy (non-hydrogen) atoms. The van der Waals surface area contributed by atoms with Gasteiger partial charge in [-0.2, -0.15) is 16.3 Å². The molecule has 0 N–H and O–H groups in total. The molecule has 0 atom stereocenters.